The molecule has 0 heterocycles. The molecule has 2 rings (SSSR count). The molecule has 1 aromatic rings. The molecule has 2 atom stereocenters. The molecule has 0 bridgehead atoms. The number of rotatable bonds is 7. The van der Waals surface area contributed by atoms with Gasteiger partial charge in [-0.3, -0.25) is 4.79 Å². The molecular formula is C19H29NO2S. The van der Waals surface area contributed by atoms with Gasteiger partial charge < -0.3 is 10.4 Å². The summed E-state index contributed by atoms with van der Waals surface area (Å²) >= 11 is 1.57. The second kappa shape index (κ2) is 9.33. The Kier molecular flexibility index (Phi) is 7.44. The van der Waals surface area contributed by atoms with Gasteiger partial charge in [-0.1, -0.05) is 63.4 Å². The van der Waals surface area contributed by atoms with Crippen molar-refractivity contribution in [2.24, 2.45) is 5.92 Å². The standard InChI is InChI=1S/C19H29NO2S/c1-14(2)18(19(22)20-16-11-7-4-8-12-16)23-13-17(21)15-9-5-3-6-10-15/h3,5-6,9-10,14,16-18,21H,4,7-8,11-13H2,1-2H3,(H,20,22). The molecule has 23 heavy (non-hydrogen) atoms. The number of carbonyl (C=O) groups excluding carboxylic acids is 1. The lowest BCUT2D eigenvalue weighted by Gasteiger charge is -2.27. The molecule has 0 spiro atoms. The summed E-state index contributed by atoms with van der Waals surface area (Å²) in [4.78, 5) is 12.6. The number of hydrogen-bond donors (Lipinski definition) is 2. The van der Waals surface area contributed by atoms with Crippen molar-refractivity contribution in [3.63, 3.8) is 0 Å². The maximum Gasteiger partial charge on any atom is 0.233 e. The molecule has 1 saturated carbocycles. The molecule has 1 aromatic carbocycles. The summed E-state index contributed by atoms with van der Waals surface area (Å²) in [7, 11) is 0. The largest absolute Gasteiger partial charge is 0.388 e. The predicted octanol–water partition coefficient (Wildman–Crippen LogP) is 3.93. The summed E-state index contributed by atoms with van der Waals surface area (Å²) < 4.78 is 0. The Bertz CT molecular complexity index is 472. The van der Waals surface area contributed by atoms with Crippen LogP contribution in [0.3, 0.4) is 0 Å². The lowest BCUT2D eigenvalue weighted by Crippen LogP contribution is -2.43. The van der Waals surface area contributed by atoms with E-state index in [4.69, 9.17) is 0 Å². The van der Waals surface area contributed by atoms with Crippen LogP contribution in [0.4, 0.5) is 0 Å². The number of aliphatic hydroxyl groups excluding tert-OH is 1. The fourth-order valence-corrected chi connectivity index (χ4v) is 4.25. The molecule has 4 heteroatoms. The maximum atomic E-state index is 12.6. The monoisotopic (exact) mass is 335 g/mol. The lowest BCUT2D eigenvalue weighted by molar-refractivity contribution is -0.122. The number of hydrogen-bond acceptors (Lipinski definition) is 3. The van der Waals surface area contributed by atoms with Gasteiger partial charge in [0, 0.05) is 11.8 Å². The van der Waals surface area contributed by atoms with Crippen molar-refractivity contribution >= 4 is 17.7 Å². The zero-order valence-corrected chi connectivity index (χ0v) is 15.0. The normalized spacial score (nSPS) is 18.6. The minimum absolute atomic E-state index is 0.102. The highest BCUT2D eigenvalue weighted by molar-refractivity contribution is 8.00. The Morgan fingerprint density at radius 1 is 1.22 bits per heavy atom. The SMILES string of the molecule is CC(C)C(SCC(O)c1ccccc1)C(=O)NC1CCCCC1. The van der Waals surface area contributed by atoms with E-state index >= 15 is 0 Å². The third-order valence-corrected chi connectivity index (χ3v) is 6.06. The first-order chi connectivity index (χ1) is 11.1. The molecule has 0 aromatic heterocycles. The Morgan fingerprint density at radius 2 is 1.87 bits per heavy atom. The highest BCUT2D eigenvalue weighted by Gasteiger charge is 2.26. The van der Waals surface area contributed by atoms with Crippen molar-refractivity contribution in [2.45, 2.75) is 63.3 Å². The average Bonchev–Trinajstić information content (AvgIpc) is 2.56. The smallest absolute Gasteiger partial charge is 0.233 e. The van der Waals surface area contributed by atoms with Crippen LogP contribution in [-0.2, 0) is 4.79 Å². The maximum absolute atomic E-state index is 12.6. The van der Waals surface area contributed by atoms with E-state index in [1.54, 1.807) is 11.8 Å². The van der Waals surface area contributed by atoms with Gasteiger partial charge in [0.25, 0.3) is 0 Å². The molecule has 2 unspecified atom stereocenters. The number of nitrogens with one attached hydrogen (secondary N) is 1. The van der Waals surface area contributed by atoms with Gasteiger partial charge >= 0.3 is 0 Å². The summed E-state index contributed by atoms with van der Waals surface area (Å²) in [5.74, 6) is 0.939. The van der Waals surface area contributed by atoms with Crippen molar-refractivity contribution in [1.29, 1.82) is 0 Å². The fourth-order valence-electron chi connectivity index (χ4n) is 3.07. The van der Waals surface area contributed by atoms with Gasteiger partial charge in [0.05, 0.1) is 11.4 Å². The minimum atomic E-state index is -0.523. The van der Waals surface area contributed by atoms with Crippen molar-refractivity contribution in [2.75, 3.05) is 5.75 Å². The van der Waals surface area contributed by atoms with Gasteiger partial charge in [0.15, 0.2) is 0 Å². The average molecular weight is 336 g/mol. The Balaban J connectivity index is 1.86. The first-order valence-electron chi connectivity index (χ1n) is 8.73. The molecule has 128 valence electrons. The molecule has 1 amide bonds. The lowest BCUT2D eigenvalue weighted by atomic mass is 9.95. The van der Waals surface area contributed by atoms with E-state index in [-0.39, 0.29) is 17.1 Å². The molecule has 1 aliphatic carbocycles. The first kappa shape index (κ1) is 18.3. The fraction of sp³-hybridized carbons (Fsp3) is 0.632. The third-order valence-electron chi connectivity index (χ3n) is 4.43. The Labute approximate surface area is 144 Å². The summed E-state index contributed by atoms with van der Waals surface area (Å²) in [5.41, 5.74) is 0.912. The van der Waals surface area contributed by atoms with Crippen LogP contribution in [0.5, 0.6) is 0 Å². The summed E-state index contributed by atoms with van der Waals surface area (Å²) in [5, 5.41) is 13.4. The van der Waals surface area contributed by atoms with E-state index in [0.29, 0.717) is 11.8 Å². The second-order valence-electron chi connectivity index (χ2n) is 6.77. The van der Waals surface area contributed by atoms with Gasteiger partial charge in [-0.15, -0.1) is 11.8 Å². The summed E-state index contributed by atoms with van der Waals surface area (Å²) in [6, 6.07) is 10.0. The number of thioether (sulfide) groups is 1. The Hall–Kier alpha value is -1.00. The Morgan fingerprint density at radius 3 is 2.48 bits per heavy atom. The number of amides is 1. The van der Waals surface area contributed by atoms with Gasteiger partial charge in [-0.25, -0.2) is 0 Å². The number of benzene rings is 1. The molecule has 1 aliphatic rings. The molecule has 0 saturated heterocycles. The van der Waals surface area contributed by atoms with Crippen LogP contribution in [0.15, 0.2) is 30.3 Å². The van der Waals surface area contributed by atoms with Crippen LogP contribution in [-0.4, -0.2) is 28.1 Å². The minimum Gasteiger partial charge on any atom is -0.388 e. The first-order valence-corrected chi connectivity index (χ1v) is 9.77. The number of carbonyl (C=O) groups is 1. The van der Waals surface area contributed by atoms with E-state index < -0.39 is 6.10 Å². The van der Waals surface area contributed by atoms with Crippen LogP contribution < -0.4 is 5.32 Å². The van der Waals surface area contributed by atoms with Gasteiger partial charge in [0.2, 0.25) is 5.91 Å². The van der Waals surface area contributed by atoms with E-state index in [1.165, 1.54) is 19.3 Å². The molecule has 1 fully saturated rings. The molecule has 2 N–H and O–H groups in total. The van der Waals surface area contributed by atoms with E-state index in [9.17, 15) is 9.90 Å². The summed E-state index contributed by atoms with van der Waals surface area (Å²) in [6.45, 7) is 4.15. The second-order valence-corrected chi connectivity index (χ2v) is 7.94. The highest BCUT2D eigenvalue weighted by Crippen LogP contribution is 2.26. The molecule has 0 radical (unpaired) electrons. The van der Waals surface area contributed by atoms with Crippen LogP contribution in [0.1, 0.15) is 57.6 Å². The van der Waals surface area contributed by atoms with Crippen LogP contribution in [0.25, 0.3) is 0 Å². The quantitative estimate of drug-likeness (QED) is 0.794. The molecule has 0 aliphatic heterocycles. The number of aliphatic hydroxyl groups is 1. The predicted molar refractivity (Wildman–Crippen MR) is 97.5 cm³/mol. The van der Waals surface area contributed by atoms with E-state index in [1.807, 2.05) is 30.3 Å². The van der Waals surface area contributed by atoms with Gasteiger partial charge in [0.1, 0.15) is 0 Å². The van der Waals surface area contributed by atoms with E-state index in [2.05, 4.69) is 19.2 Å². The van der Waals surface area contributed by atoms with Crippen LogP contribution >= 0.6 is 11.8 Å². The zero-order valence-electron chi connectivity index (χ0n) is 14.2. The topological polar surface area (TPSA) is 49.3 Å². The van der Waals surface area contributed by atoms with Gasteiger partial charge in [-0.05, 0) is 24.3 Å². The highest BCUT2D eigenvalue weighted by atomic mass is 32.2. The van der Waals surface area contributed by atoms with Crippen LogP contribution in [0.2, 0.25) is 0 Å². The van der Waals surface area contributed by atoms with Crippen molar-refractivity contribution < 1.29 is 9.90 Å². The van der Waals surface area contributed by atoms with Gasteiger partial charge in [-0.2, -0.15) is 0 Å². The molecule has 3 nitrogen and oxygen atoms in total. The van der Waals surface area contributed by atoms with Crippen molar-refractivity contribution in [1.82, 2.24) is 5.32 Å². The zero-order chi connectivity index (χ0) is 16.7. The molecular weight excluding hydrogens is 306 g/mol. The summed E-state index contributed by atoms with van der Waals surface area (Å²) in [6.07, 6.45) is 5.42. The van der Waals surface area contributed by atoms with Crippen LogP contribution in [0, 0.1) is 5.92 Å². The van der Waals surface area contributed by atoms with Crippen molar-refractivity contribution in [3.05, 3.63) is 35.9 Å². The van der Waals surface area contributed by atoms with Crippen molar-refractivity contribution in [3.8, 4) is 0 Å². The third kappa shape index (κ3) is 5.85. The van der Waals surface area contributed by atoms with E-state index in [0.717, 1.165) is 18.4 Å².